The fourth-order valence-electron chi connectivity index (χ4n) is 3.78. The van der Waals surface area contributed by atoms with Crippen molar-refractivity contribution in [2.75, 3.05) is 26.2 Å². The highest BCUT2D eigenvalue weighted by Gasteiger charge is 2.28. The molecule has 3 heterocycles. The Kier molecular flexibility index (Phi) is 6.12. The van der Waals surface area contributed by atoms with Gasteiger partial charge in [0, 0.05) is 19.6 Å². The first kappa shape index (κ1) is 18.4. The Bertz CT molecular complexity index is 608. The molecule has 1 aromatic heterocycles. The Morgan fingerprint density at radius 2 is 2.20 bits per heavy atom. The molecule has 138 valence electrons. The SMILES string of the molecule is CC(C)c1ccsc1C(=O)N1CCCC(CNC(=O)C2CCCN2)C1. The van der Waals surface area contributed by atoms with Crippen LogP contribution in [0.5, 0.6) is 0 Å². The lowest BCUT2D eigenvalue weighted by Gasteiger charge is -2.33. The first-order valence-electron chi connectivity index (χ1n) is 9.44. The van der Waals surface area contributed by atoms with E-state index in [1.165, 1.54) is 0 Å². The summed E-state index contributed by atoms with van der Waals surface area (Å²) in [5, 5.41) is 8.33. The number of amides is 2. The zero-order valence-electron chi connectivity index (χ0n) is 15.2. The molecule has 0 aromatic carbocycles. The number of nitrogens with zero attached hydrogens (tertiary/aromatic N) is 1. The van der Waals surface area contributed by atoms with Crippen molar-refractivity contribution in [2.45, 2.75) is 51.5 Å². The van der Waals surface area contributed by atoms with E-state index >= 15 is 0 Å². The number of carbonyl (C=O) groups excluding carboxylic acids is 2. The molecule has 5 nitrogen and oxygen atoms in total. The number of rotatable bonds is 5. The summed E-state index contributed by atoms with van der Waals surface area (Å²) in [5.74, 6) is 0.989. The van der Waals surface area contributed by atoms with E-state index in [-0.39, 0.29) is 17.9 Å². The second-order valence-corrected chi connectivity index (χ2v) is 8.43. The standard InChI is InChI=1S/C19H29N3O2S/c1-13(2)15-7-10-25-17(15)19(24)22-9-4-5-14(12-22)11-21-18(23)16-6-3-8-20-16/h7,10,13-14,16,20H,3-6,8-9,11-12H2,1-2H3,(H,21,23). The number of hydrogen-bond donors (Lipinski definition) is 2. The Balaban J connectivity index is 1.54. The van der Waals surface area contributed by atoms with Crippen LogP contribution in [0.4, 0.5) is 0 Å². The number of likely N-dealkylation sites (tertiary alicyclic amines) is 1. The molecule has 1 aromatic rings. The summed E-state index contributed by atoms with van der Waals surface area (Å²) in [5.41, 5.74) is 1.15. The molecule has 2 saturated heterocycles. The van der Waals surface area contributed by atoms with Crippen molar-refractivity contribution in [3.63, 3.8) is 0 Å². The van der Waals surface area contributed by atoms with Crippen LogP contribution in [0.25, 0.3) is 0 Å². The molecule has 2 fully saturated rings. The molecule has 2 aliphatic heterocycles. The maximum atomic E-state index is 12.9. The van der Waals surface area contributed by atoms with Crippen LogP contribution in [0.1, 0.15) is 60.7 Å². The highest BCUT2D eigenvalue weighted by Crippen LogP contribution is 2.27. The maximum absolute atomic E-state index is 12.9. The third kappa shape index (κ3) is 4.42. The minimum absolute atomic E-state index is 0.0268. The van der Waals surface area contributed by atoms with Gasteiger partial charge in [0.1, 0.15) is 0 Å². The number of nitrogens with one attached hydrogen (secondary N) is 2. The molecule has 0 radical (unpaired) electrons. The van der Waals surface area contributed by atoms with Crippen molar-refractivity contribution >= 4 is 23.2 Å². The first-order valence-corrected chi connectivity index (χ1v) is 10.3. The van der Waals surface area contributed by atoms with E-state index in [2.05, 4.69) is 30.5 Å². The Morgan fingerprint density at radius 3 is 2.92 bits per heavy atom. The highest BCUT2D eigenvalue weighted by atomic mass is 32.1. The zero-order valence-corrected chi connectivity index (χ0v) is 16.0. The van der Waals surface area contributed by atoms with Gasteiger partial charge in [-0.1, -0.05) is 13.8 Å². The maximum Gasteiger partial charge on any atom is 0.264 e. The van der Waals surface area contributed by atoms with Crippen LogP contribution in [-0.2, 0) is 4.79 Å². The van der Waals surface area contributed by atoms with E-state index < -0.39 is 0 Å². The molecule has 0 bridgehead atoms. The minimum Gasteiger partial charge on any atom is -0.354 e. The van der Waals surface area contributed by atoms with Crippen LogP contribution in [0.15, 0.2) is 11.4 Å². The monoisotopic (exact) mass is 363 g/mol. The molecular weight excluding hydrogens is 334 g/mol. The molecule has 3 rings (SSSR count). The number of piperidine rings is 1. The van der Waals surface area contributed by atoms with E-state index in [4.69, 9.17) is 0 Å². The van der Waals surface area contributed by atoms with Crippen LogP contribution in [0, 0.1) is 5.92 Å². The number of thiophene rings is 1. The van der Waals surface area contributed by atoms with Crippen LogP contribution in [0.3, 0.4) is 0 Å². The zero-order chi connectivity index (χ0) is 17.8. The van der Waals surface area contributed by atoms with Crippen molar-refractivity contribution in [3.05, 3.63) is 21.9 Å². The van der Waals surface area contributed by atoms with Crippen molar-refractivity contribution in [3.8, 4) is 0 Å². The third-order valence-corrected chi connectivity index (χ3v) is 6.18. The van der Waals surface area contributed by atoms with Crippen molar-refractivity contribution in [2.24, 2.45) is 5.92 Å². The van der Waals surface area contributed by atoms with Gasteiger partial charge in [0.05, 0.1) is 10.9 Å². The Morgan fingerprint density at radius 1 is 1.36 bits per heavy atom. The van der Waals surface area contributed by atoms with Gasteiger partial charge in [0.25, 0.3) is 5.91 Å². The van der Waals surface area contributed by atoms with Gasteiger partial charge in [-0.2, -0.15) is 0 Å². The topological polar surface area (TPSA) is 61.4 Å². The molecule has 2 atom stereocenters. The number of carbonyl (C=O) groups is 2. The van der Waals surface area contributed by atoms with E-state index in [1.54, 1.807) is 11.3 Å². The van der Waals surface area contributed by atoms with Crippen molar-refractivity contribution < 1.29 is 9.59 Å². The van der Waals surface area contributed by atoms with E-state index in [9.17, 15) is 9.59 Å². The largest absolute Gasteiger partial charge is 0.354 e. The van der Waals surface area contributed by atoms with Crippen LogP contribution in [0.2, 0.25) is 0 Å². The summed E-state index contributed by atoms with van der Waals surface area (Å²) in [6, 6.07) is 2.04. The normalized spacial score (nSPS) is 23.9. The summed E-state index contributed by atoms with van der Waals surface area (Å²) >= 11 is 1.55. The summed E-state index contributed by atoms with van der Waals surface area (Å²) < 4.78 is 0. The van der Waals surface area contributed by atoms with E-state index in [0.29, 0.717) is 18.4 Å². The molecule has 0 aliphatic carbocycles. The number of hydrogen-bond acceptors (Lipinski definition) is 4. The lowest BCUT2D eigenvalue weighted by atomic mass is 9.97. The van der Waals surface area contributed by atoms with Gasteiger partial charge in [-0.15, -0.1) is 11.3 Å². The summed E-state index contributed by atoms with van der Waals surface area (Å²) in [7, 11) is 0. The van der Waals surface area contributed by atoms with Gasteiger partial charge in [0.2, 0.25) is 5.91 Å². The predicted octanol–water partition coefficient (Wildman–Crippen LogP) is 2.59. The van der Waals surface area contributed by atoms with Gasteiger partial charge >= 0.3 is 0 Å². The molecule has 25 heavy (non-hydrogen) atoms. The lowest BCUT2D eigenvalue weighted by Crippen LogP contribution is -2.46. The molecule has 2 unspecified atom stereocenters. The van der Waals surface area contributed by atoms with E-state index in [1.807, 2.05) is 10.3 Å². The molecule has 2 N–H and O–H groups in total. The van der Waals surface area contributed by atoms with Crippen LogP contribution < -0.4 is 10.6 Å². The van der Waals surface area contributed by atoms with Gasteiger partial charge in [0.15, 0.2) is 0 Å². The average Bonchev–Trinajstić information content (AvgIpc) is 3.30. The summed E-state index contributed by atoms with van der Waals surface area (Å²) in [4.78, 5) is 27.9. The van der Waals surface area contributed by atoms with Gasteiger partial charge in [-0.25, -0.2) is 0 Å². The second-order valence-electron chi connectivity index (χ2n) is 7.51. The van der Waals surface area contributed by atoms with E-state index in [0.717, 1.165) is 55.8 Å². The van der Waals surface area contributed by atoms with Crippen molar-refractivity contribution in [1.82, 2.24) is 15.5 Å². The molecular formula is C19H29N3O2S. The van der Waals surface area contributed by atoms with Crippen LogP contribution >= 0.6 is 11.3 Å². The quantitative estimate of drug-likeness (QED) is 0.845. The first-order chi connectivity index (χ1) is 12.1. The Labute approximate surface area is 154 Å². The fourth-order valence-corrected chi connectivity index (χ4v) is 4.80. The highest BCUT2D eigenvalue weighted by molar-refractivity contribution is 7.12. The minimum atomic E-state index is -0.0268. The van der Waals surface area contributed by atoms with Gasteiger partial charge < -0.3 is 15.5 Å². The molecule has 0 spiro atoms. The fraction of sp³-hybridized carbons (Fsp3) is 0.684. The molecule has 0 saturated carbocycles. The molecule has 2 amide bonds. The molecule has 2 aliphatic rings. The third-order valence-electron chi connectivity index (χ3n) is 5.26. The van der Waals surface area contributed by atoms with Gasteiger partial charge in [-0.05, 0) is 61.1 Å². The smallest absolute Gasteiger partial charge is 0.264 e. The second kappa shape index (κ2) is 8.32. The predicted molar refractivity (Wildman–Crippen MR) is 101 cm³/mol. The summed E-state index contributed by atoms with van der Waals surface area (Å²) in [6.45, 7) is 7.43. The summed E-state index contributed by atoms with van der Waals surface area (Å²) in [6.07, 6.45) is 4.08. The van der Waals surface area contributed by atoms with Crippen LogP contribution in [-0.4, -0.2) is 48.9 Å². The molecule has 6 heteroatoms. The lowest BCUT2D eigenvalue weighted by molar-refractivity contribution is -0.123. The Hall–Kier alpha value is -1.40. The van der Waals surface area contributed by atoms with Gasteiger partial charge in [-0.3, -0.25) is 9.59 Å². The van der Waals surface area contributed by atoms with Crippen molar-refractivity contribution in [1.29, 1.82) is 0 Å². The average molecular weight is 364 g/mol.